The SMILES string of the molecule is CCOc1ccc(OCCNC(=O)CN(C)Cc2ccc(C)o2)cc1. The number of likely N-dealkylation sites (N-methyl/N-ethyl adjacent to an activating group) is 1. The molecule has 0 spiro atoms. The first-order valence-electron chi connectivity index (χ1n) is 8.43. The van der Waals surface area contributed by atoms with Gasteiger partial charge in [-0.15, -0.1) is 0 Å². The Morgan fingerprint density at radius 2 is 1.80 bits per heavy atom. The minimum atomic E-state index is -0.0407. The molecule has 2 aromatic rings. The maximum atomic E-state index is 11.9. The van der Waals surface area contributed by atoms with Crippen molar-refractivity contribution < 1.29 is 18.7 Å². The molecule has 0 atom stereocenters. The van der Waals surface area contributed by atoms with E-state index >= 15 is 0 Å². The van der Waals surface area contributed by atoms with E-state index in [0.717, 1.165) is 23.0 Å². The Morgan fingerprint density at radius 1 is 1.12 bits per heavy atom. The molecule has 0 aliphatic carbocycles. The van der Waals surface area contributed by atoms with Crippen molar-refractivity contribution in [3.63, 3.8) is 0 Å². The molecule has 0 aliphatic heterocycles. The van der Waals surface area contributed by atoms with Crippen LogP contribution >= 0.6 is 0 Å². The van der Waals surface area contributed by atoms with Gasteiger partial charge in [-0.3, -0.25) is 9.69 Å². The zero-order valence-corrected chi connectivity index (χ0v) is 15.1. The van der Waals surface area contributed by atoms with Crippen molar-refractivity contribution in [2.75, 3.05) is 33.4 Å². The number of aryl methyl sites for hydroxylation is 1. The number of benzene rings is 1. The van der Waals surface area contributed by atoms with E-state index in [2.05, 4.69) is 5.32 Å². The van der Waals surface area contributed by atoms with Crippen LogP contribution in [0.2, 0.25) is 0 Å². The number of furan rings is 1. The Morgan fingerprint density at radius 3 is 2.40 bits per heavy atom. The highest BCUT2D eigenvalue weighted by Crippen LogP contribution is 2.17. The summed E-state index contributed by atoms with van der Waals surface area (Å²) in [5, 5.41) is 2.85. The first-order valence-corrected chi connectivity index (χ1v) is 8.43. The van der Waals surface area contributed by atoms with Crippen LogP contribution in [0.4, 0.5) is 0 Å². The zero-order valence-electron chi connectivity index (χ0n) is 15.1. The fourth-order valence-electron chi connectivity index (χ4n) is 2.35. The van der Waals surface area contributed by atoms with E-state index in [4.69, 9.17) is 13.9 Å². The second-order valence-electron chi connectivity index (χ2n) is 5.79. The van der Waals surface area contributed by atoms with Gasteiger partial charge in [0.15, 0.2) is 0 Å². The van der Waals surface area contributed by atoms with Gasteiger partial charge in [0.2, 0.25) is 5.91 Å². The van der Waals surface area contributed by atoms with Gasteiger partial charge in [0.25, 0.3) is 0 Å². The van der Waals surface area contributed by atoms with Crippen molar-refractivity contribution in [2.45, 2.75) is 20.4 Å². The molecule has 0 fully saturated rings. The number of nitrogens with one attached hydrogen (secondary N) is 1. The van der Waals surface area contributed by atoms with Gasteiger partial charge >= 0.3 is 0 Å². The normalized spacial score (nSPS) is 10.7. The van der Waals surface area contributed by atoms with E-state index in [0.29, 0.717) is 32.8 Å². The molecule has 6 nitrogen and oxygen atoms in total. The molecule has 6 heteroatoms. The van der Waals surface area contributed by atoms with Crippen molar-refractivity contribution in [1.29, 1.82) is 0 Å². The van der Waals surface area contributed by atoms with Crippen molar-refractivity contribution in [1.82, 2.24) is 10.2 Å². The number of hydrogen-bond acceptors (Lipinski definition) is 5. The highest BCUT2D eigenvalue weighted by Gasteiger charge is 2.08. The second-order valence-corrected chi connectivity index (χ2v) is 5.79. The first-order chi connectivity index (χ1) is 12.1. The van der Waals surface area contributed by atoms with E-state index in [1.54, 1.807) is 0 Å². The largest absolute Gasteiger partial charge is 0.494 e. The molecule has 1 aromatic heterocycles. The van der Waals surface area contributed by atoms with Gasteiger partial charge in [0, 0.05) is 0 Å². The Kier molecular flexibility index (Phi) is 7.35. The minimum Gasteiger partial charge on any atom is -0.494 e. The molecule has 25 heavy (non-hydrogen) atoms. The summed E-state index contributed by atoms with van der Waals surface area (Å²) in [4.78, 5) is 13.8. The standard InChI is InChI=1S/C19H26N2O4/c1-4-23-16-7-9-17(10-8-16)24-12-11-20-19(22)14-21(3)13-18-6-5-15(2)25-18/h5-10H,4,11-14H2,1-3H3,(H,20,22). The van der Waals surface area contributed by atoms with E-state index in [1.165, 1.54) is 0 Å². The van der Waals surface area contributed by atoms with Crippen molar-refractivity contribution in [3.05, 3.63) is 47.9 Å². The zero-order chi connectivity index (χ0) is 18.1. The average molecular weight is 346 g/mol. The lowest BCUT2D eigenvalue weighted by molar-refractivity contribution is -0.122. The Balaban J connectivity index is 1.61. The third-order valence-corrected chi connectivity index (χ3v) is 3.46. The number of rotatable bonds is 10. The van der Waals surface area contributed by atoms with Crippen LogP contribution in [-0.2, 0) is 11.3 Å². The number of ether oxygens (including phenoxy) is 2. The Labute approximate surface area is 148 Å². The van der Waals surface area contributed by atoms with Crippen LogP contribution in [0, 0.1) is 6.92 Å². The summed E-state index contributed by atoms with van der Waals surface area (Å²) in [5.41, 5.74) is 0. The van der Waals surface area contributed by atoms with Gasteiger partial charge in [0.05, 0.1) is 26.2 Å². The number of carbonyl (C=O) groups is 1. The molecule has 0 unspecified atom stereocenters. The third kappa shape index (κ3) is 6.89. The molecule has 136 valence electrons. The number of hydrogen-bond donors (Lipinski definition) is 1. The molecule has 0 saturated heterocycles. The fourth-order valence-corrected chi connectivity index (χ4v) is 2.35. The fraction of sp³-hybridized carbons (Fsp3) is 0.421. The summed E-state index contributed by atoms with van der Waals surface area (Å²) in [5.74, 6) is 3.26. The third-order valence-electron chi connectivity index (χ3n) is 3.46. The van der Waals surface area contributed by atoms with Crippen molar-refractivity contribution in [2.24, 2.45) is 0 Å². The topological polar surface area (TPSA) is 63.9 Å². The minimum absolute atomic E-state index is 0.0407. The van der Waals surface area contributed by atoms with Gasteiger partial charge < -0.3 is 19.2 Å². The average Bonchev–Trinajstić information content (AvgIpc) is 2.98. The lowest BCUT2D eigenvalue weighted by atomic mass is 10.3. The molecule has 0 saturated carbocycles. The molecule has 0 bridgehead atoms. The summed E-state index contributed by atoms with van der Waals surface area (Å²) >= 11 is 0. The van der Waals surface area contributed by atoms with Gasteiger partial charge in [-0.25, -0.2) is 0 Å². The highest BCUT2D eigenvalue weighted by atomic mass is 16.5. The van der Waals surface area contributed by atoms with Crippen LogP contribution in [0.15, 0.2) is 40.8 Å². The quantitative estimate of drug-likeness (QED) is 0.670. The lowest BCUT2D eigenvalue weighted by Crippen LogP contribution is -2.36. The molecule has 1 heterocycles. The highest BCUT2D eigenvalue weighted by molar-refractivity contribution is 5.77. The molecular formula is C19H26N2O4. The molecule has 0 radical (unpaired) electrons. The lowest BCUT2D eigenvalue weighted by Gasteiger charge is -2.15. The smallest absolute Gasteiger partial charge is 0.234 e. The van der Waals surface area contributed by atoms with Gasteiger partial charge in [0.1, 0.15) is 29.6 Å². The van der Waals surface area contributed by atoms with Gasteiger partial charge in [-0.1, -0.05) is 0 Å². The predicted octanol–water partition coefficient (Wildman–Crippen LogP) is 2.61. The molecule has 1 N–H and O–H groups in total. The second kappa shape index (κ2) is 9.74. The molecule has 0 aliphatic rings. The van der Waals surface area contributed by atoms with E-state index < -0.39 is 0 Å². The summed E-state index contributed by atoms with van der Waals surface area (Å²) in [6, 6.07) is 11.3. The van der Waals surface area contributed by atoms with Crippen molar-refractivity contribution >= 4 is 5.91 Å². The number of nitrogens with zero attached hydrogens (tertiary/aromatic N) is 1. The van der Waals surface area contributed by atoms with E-state index in [-0.39, 0.29) is 5.91 Å². The summed E-state index contributed by atoms with van der Waals surface area (Å²) in [6.45, 7) is 6.27. The van der Waals surface area contributed by atoms with Crippen LogP contribution in [0.3, 0.4) is 0 Å². The van der Waals surface area contributed by atoms with Crippen LogP contribution < -0.4 is 14.8 Å². The van der Waals surface area contributed by atoms with Crippen LogP contribution in [0.25, 0.3) is 0 Å². The monoisotopic (exact) mass is 346 g/mol. The molecular weight excluding hydrogens is 320 g/mol. The summed E-state index contributed by atoms with van der Waals surface area (Å²) in [6.07, 6.45) is 0. The van der Waals surface area contributed by atoms with Crippen LogP contribution in [-0.4, -0.2) is 44.2 Å². The maximum absolute atomic E-state index is 11.9. The van der Waals surface area contributed by atoms with Crippen LogP contribution in [0.5, 0.6) is 11.5 Å². The molecule has 1 amide bonds. The van der Waals surface area contributed by atoms with Crippen LogP contribution in [0.1, 0.15) is 18.4 Å². The van der Waals surface area contributed by atoms with E-state index in [9.17, 15) is 4.79 Å². The molecule has 2 rings (SSSR count). The maximum Gasteiger partial charge on any atom is 0.234 e. The van der Waals surface area contributed by atoms with Gasteiger partial charge in [-0.05, 0) is 57.3 Å². The summed E-state index contributed by atoms with van der Waals surface area (Å²) in [7, 11) is 1.88. The van der Waals surface area contributed by atoms with E-state index in [1.807, 2.05) is 62.2 Å². The van der Waals surface area contributed by atoms with Gasteiger partial charge in [-0.2, -0.15) is 0 Å². The van der Waals surface area contributed by atoms with Crippen molar-refractivity contribution in [3.8, 4) is 11.5 Å². The predicted molar refractivity (Wildman–Crippen MR) is 95.9 cm³/mol. The Hall–Kier alpha value is -2.47. The summed E-state index contributed by atoms with van der Waals surface area (Å²) < 4.78 is 16.5. The number of carbonyl (C=O) groups excluding carboxylic acids is 1. The number of amides is 1. The molecule has 1 aromatic carbocycles. The first kappa shape index (κ1) is 18.9. The Bertz CT molecular complexity index is 652.